The molecule has 37 heavy (non-hydrogen) atoms. The zero-order valence-corrected chi connectivity index (χ0v) is 22.9. The van der Waals surface area contributed by atoms with Crippen LogP contribution in [-0.2, 0) is 4.79 Å². The monoisotopic (exact) mass is 517 g/mol. The summed E-state index contributed by atoms with van der Waals surface area (Å²) in [5, 5.41) is 9.06. The second kappa shape index (κ2) is 11.4. The second-order valence-corrected chi connectivity index (χ2v) is 11.9. The number of carbonyl (C=O) groups excluding carboxylic acids is 1. The van der Waals surface area contributed by atoms with Gasteiger partial charge >= 0.3 is 0 Å². The number of aryl methyl sites for hydroxylation is 1. The van der Waals surface area contributed by atoms with Crippen molar-refractivity contribution < 1.29 is 9.90 Å². The van der Waals surface area contributed by atoms with Gasteiger partial charge < -0.3 is 14.9 Å². The van der Waals surface area contributed by atoms with Crippen molar-refractivity contribution in [3.05, 3.63) is 72.5 Å². The fourth-order valence-corrected chi connectivity index (χ4v) is 7.60. The van der Waals surface area contributed by atoms with Gasteiger partial charge in [-0.05, 0) is 86.9 Å². The van der Waals surface area contributed by atoms with E-state index in [1.54, 1.807) is 13.0 Å². The molecule has 5 nitrogen and oxygen atoms in total. The largest absolute Gasteiger partial charge is 0.516 e. The number of anilines is 2. The summed E-state index contributed by atoms with van der Waals surface area (Å²) in [5.41, 5.74) is 5.04. The standard InChI is InChI=1S/C25H28N2OS.C6H11NO/c1-17-7-10-23-25(13-17)29-24-6-4-3-5-22(24)27(23)21-14-19-8-9-20(15-21)26(19)16-18(2)11-12-28;1-6(8)7-4-2-3-5-7/h3-7,10-13,19-21,28H,2,8-9,14-16H2,1H3;2-5H2,1H3/b12-11-;. The third-order valence-electron chi connectivity index (χ3n) is 8.19. The summed E-state index contributed by atoms with van der Waals surface area (Å²) in [6.45, 7) is 10.7. The highest BCUT2D eigenvalue weighted by atomic mass is 32.2. The molecule has 1 amide bonds. The Kier molecular flexibility index (Phi) is 7.96. The Hall–Kier alpha value is -2.70. The number of amides is 1. The molecule has 196 valence electrons. The van der Waals surface area contributed by atoms with E-state index in [1.807, 2.05) is 16.7 Å². The number of para-hydroxylation sites is 1. The Labute approximate surface area is 225 Å². The number of hydrogen-bond donors (Lipinski definition) is 1. The first-order chi connectivity index (χ1) is 17.9. The lowest BCUT2D eigenvalue weighted by Crippen LogP contribution is -2.50. The molecule has 3 fully saturated rings. The van der Waals surface area contributed by atoms with E-state index in [0.717, 1.165) is 31.5 Å². The molecule has 2 unspecified atom stereocenters. The number of fused-ring (bicyclic) bond motifs is 4. The van der Waals surface area contributed by atoms with Crippen molar-refractivity contribution in [2.45, 2.75) is 80.3 Å². The average molecular weight is 518 g/mol. The lowest BCUT2D eigenvalue weighted by molar-refractivity contribution is -0.127. The van der Waals surface area contributed by atoms with Gasteiger partial charge in [-0.3, -0.25) is 9.69 Å². The van der Waals surface area contributed by atoms with Crippen LogP contribution in [0.5, 0.6) is 0 Å². The number of rotatable bonds is 4. The van der Waals surface area contributed by atoms with Gasteiger partial charge in [-0.2, -0.15) is 0 Å². The zero-order valence-electron chi connectivity index (χ0n) is 22.1. The van der Waals surface area contributed by atoms with Crippen LogP contribution in [0.15, 0.2) is 76.7 Å². The summed E-state index contributed by atoms with van der Waals surface area (Å²) in [4.78, 5) is 20.5. The van der Waals surface area contributed by atoms with Crippen LogP contribution in [0.1, 0.15) is 51.0 Å². The third kappa shape index (κ3) is 5.60. The van der Waals surface area contributed by atoms with Crippen molar-refractivity contribution >= 4 is 29.0 Å². The normalized spacial score (nSPS) is 24.4. The Morgan fingerprint density at radius 3 is 2.35 bits per heavy atom. The molecule has 2 aromatic rings. The Morgan fingerprint density at radius 1 is 1.03 bits per heavy atom. The van der Waals surface area contributed by atoms with Gasteiger partial charge in [0.25, 0.3) is 0 Å². The molecule has 4 heterocycles. The van der Waals surface area contributed by atoms with Crippen LogP contribution in [-0.4, -0.2) is 58.6 Å². The van der Waals surface area contributed by atoms with E-state index >= 15 is 0 Å². The fourth-order valence-electron chi connectivity index (χ4n) is 6.43. The molecule has 4 aliphatic heterocycles. The first kappa shape index (κ1) is 25.9. The van der Waals surface area contributed by atoms with Gasteiger partial charge in [0.1, 0.15) is 0 Å². The first-order valence-electron chi connectivity index (χ1n) is 13.6. The van der Waals surface area contributed by atoms with Crippen LogP contribution in [0.3, 0.4) is 0 Å². The van der Waals surface area contributed by atoms with Gasteiger partial charge in [0, 0.05) is 54.5 Å². The number of nitrogens with zero attached hydrogens (tertiary/aromatic N) is 3. The molecule has 2 atom stereocenters. The van der Waals surface area contributed by atoms with Gasteiger partial charge in [-0.15, -0.1) is 0 Å². The van der Waals surface area contributed by atoms with Crippen LogP contribution in [0, 0.1) is 6.92 Å². The molecule has 2 bridgehead atoms. The average Bonchev–Trinajstić information content (AvgIpc) is 3.49. The molecular weight excluding hydrogens is 478 g/mol. The topological polar surface area (TPSA) is 47.0 Å². The maximum absolute atomic E-state index is 10.6. The van der Waals surface area contributed by atoms with Crippen molar-refractivity contribution in [3.8, 4) is 0 Å². The summed E-state index contributed by atoms with van der Waals surface area (Å²) in [7, 11) is 0. The lowest BCUT2D eigenvalue weighted by atomic mass is 9.94. The minimum atomic E-state index is 0.225. The number of piperidine rings is 1. The smallest absolute Gasteiger partial charge is 0.219 e. The van der Waals surface area contributed by atoms with Crippen molar-refractivity contribution in [1.82, 2.24) is 9.80 Å². The van der Waals surface area contributed by atoms with Crippen molar-refractivity contribution in [2.24, 2.45) is 0 Å². The summed E-state index contributed by atoms with van der Waals surface area (Å²) >= 11 is 1.90. The molecular formula is C31H39N3O2S. The van der Waals surface area contributed by atoms with Gasteiger partial charge in [-0.1, -0.05) is 36.5 Å². The molecule has 4 aliphatic rings. The van der Waals surface area contributed by atoms with Crippen LogP contribution in [0.2, 0.25) is 0 Å². The summed E-state index contributed by atoms with van der Waals surface area (Å²) in [6.07, 6.45) is 10.1. The molecule has 6 heteroatoms. The van der Waals surface area contributed by atoms with Gasteiger partial charge in [0.2, 0.25) is 5.91 Å². The molecule has 2 aromatic carbocycles. The molecule has 0 spiro atoms. The highest BCUT2D eigenvalue weighted by Crippen LogP contribution is 2.51. The Balaban J connectivity index is 0.000000301. The van der Waals surface area contributed by atoms with E-state index in [2.05, 4.69) is 65.8 Å². The summed E-state index contributed by atoms with van der Waals surface area (Å²) in [5.74, 6) is 0.225. The maximum atomic E-state index is 10.6. The second-order valence-electron chi connectivity index (χ2n) is 10.8. The number of carbonyl (C=O) groups is 1. The van der Waals surface area contributed by atoms with E-state index in [4.69, 9.17) is 5.11 Å². The van der Waals surface area contributed by atoms with Gasteiger partial charge in [0.05, 0.1) is 17.6 Å². The van der Waals surface area contributed by atoms with E-state index in [1.165, 1.54) is 65.3 Å². The lowest BCUT2D eigenvalue weighted by Gasteiger charge is -2.46. The van der Waals surface area contributed by atoms with Crippen molar-refractivity contribution in [3.63, 3.8) is 0 Å². The Bertz CT molecular complexity index is 1160. The predicted octanol–water partition coefficient (Wildman–Crippen LogP) is 6.85. The van der Waals surface area contributed by atoms with Gasteiger partial charge in [0.15, 0.2) is 0 Å². The molecule has 1 N–H and O–H groups in total. The van der Waals surface area contributed by atoms with Crippen LogP contribution < -0.4 is 4.90 Å². The molecule has 6 rings (SSSR count). The highest BCUT2D eigenvalue weighted by Gasteiger charge is 2.43. The number of benzene rings is 2. The van der Waals surface area contributed by atoms with Gasteiger partial charge in [-0.25, -0.2) is 0 Å². The van der Waals surface area contributed by atoms with Crippen LogP contribution in [0.25, 0.3) is 0 Å². The predicted molar refractivity (Wildman–Crippen MR) is 153 cm³/mol. The zero-order chi connectivity index (χ0) is 25.9. The van der Waals surface area contributed by atoms with E-state index in [9.17, 15) is 4.79 Å². The number of hydrogen-bond acceptors (Lipinski definition) is 5. The van der Waals surface area contributed by atoms with Crippen molar-refractivity contribution in [2.75, 3.05) is 24.5 Å². The quantitative estimate of drug-likeness (QED) is 0.355. The van der Waals surface area contributed by atoms with E-state index in [0.29, 0.717) is 18.1 Å². The van der Waals surface area contributed by atoms with Crippen molar-refractivity contribution in [1.29, 1.82) is 0 Å². The summed E-state index contributed by atoms with van der Waals surface area (Å²) < 4.78 is 0. The van der Waals surface area contributed by atoms with Crippen LogP contribution in [0.4, 0.5) is 11.4 Å². The molecule has 3 saturated heterocycles. The SMILES string of the molecule is C=C(/C=C\O)CN1C2CCC1CC(N1c3ccccc3Sc3cc(C)ccc31)C2.CC(=O)N1CCCC1. The molecule has 0 saturated carbocycles. The minimum Gasteiger partial charge on any atom is -0.516 e. The van der Waals surface area contributed by atoms with Crippen LogP contribution >= 0.6 is 11.8 Å². The maximum Gasteiger partial charge on any atom is 0.219 e. The Morgan fingerprint density at radius 2 is 1.70 bits per heavy atom. The summed E-state index contributed by atoms with van der Waals surface area (Å²) in [6, 6.07) is 17.5. The third-order valence-corrected chi connectivity index (χ3v) is 9.30. The minimum absolute atomic E-state index is 0.225. The highest BCUT2D eigenvalue weighted by molar-refractivity contribution is 7.99. The fraction of sp³-hybridized carbons (Fsp3) is 0.452. The number of likely N-dealkylation sites (tertiary alicyclic amines) is 1. The molecule has 0 aliphatic carbocycles. The number of aliphatic hydroxyl groups is 1. The first-order valence-corrected chi connectivity index (χ1v) is 14.4. The van der Waals surface area contributed by atoms with E-state index in [-0.39, 0.29) is 5.91 Å². The molecule has 0 radical (unpaired) electrons. The van der Waals surface area contributed by atoms with E-state index < -0.39 is 0 Å². The number of aliphatic hydroxyl groups excluding tert-OH is 1. The molecule has 0 aromatic heterocycles.